The number of hydrogen-bond donors (Lipinski definition) is 0. The fourth-order valence-corrected chi connectivity index (χ4v) is 1.55. The number of rotatable bonds is 6. The Balaban J connectivity index is 1.75. The molecule has 0 spiro atoms. The van der Waals surface area contributed by atoms with Crippen molar-refractivity contribution in [3.8, 4) is 11.6 Å². The van der Waals surface area contributed by atoms with Crippen molar-refractivity contribution >= 4 is 0 Å². The van der Waals surface area contributed by atoms with E-state index in [-0.39, 0.29) is 0 Å². The van der Waals surface area contributed by atoms with E-state index < -0.39 is 0 Å². The normalized spacial score (nSPS) is 10.1. The Hall–Kier alpha value is -2.10. The Morgan fingerprint density at radius 1 is 1.11 bits per heavy atom. The summed E-state index contributed by atoms with van der Waals surface area (Å²) in [5, 5.41) is 0. The number of hydrogen-bond acceptors (Lipinski definition) is 4. The van der Waals surface area contributed by atoms with Gasteiger partial charge in [0.2, 0.25) is 5.88 Å². The van der Waals surface area contributed by atoms with Crippen molar-refractivity contribution in [3.63, 3.8) is 0 Å². The van der Waals surface area contributed by atoms with Gasteiger partial charge in [0.05, 0.1) is 13.7 Å². The van der Waals surface area contributed by atoms with Crippen LogP contribution in [0.15, 0.2) is 42.6 Å². The lowest BCUT2D eigenvalue weighted by atomic mass is 10.3. The van der Waals surface area contributed by atoms with Gasteiger partial charge < -0.3 is 9.47 Å². The molecule has 0 radical (unpaired) electrons. The van der Waals surface area contributed by atoms with Gasteiger partial charge in [0.15, 0.2) is 0 Å². The number of ether oxygens (including phenoxy) is 2. The Kier molecular flexibility index (Phi) is 4.53. The smallest absolute Gasteiger partial charge is 0.216 e. The van der Waals surface area contributed by atoms with Gasteiger partial charge in [0.25, 0.3) is 0 Å². The number of benzene rings is 1. The summed E-state index contributed by atoms with van der Waals surface area (Å²) in [6.45, 7) is 0.657. The summed E-state index contributed by atoms with van der Waals surface area (Å²) in [6, 6.07) is 11.5. The van der Waals surface area contributed by atoms with Crippen LogP contribution in [0.5, 0.6) is 11.6 Å². The van der Waals surface area contributed by atoms with Gasteiger partial charge in [0.1, 0.15) is 11.6 Å². The first-order valence-electron chi connectivity index (χ1n) is 5.92. The fourth-order valence-electron chi connectivity index (χ4n) is 1.55. The molecule has 94 valence electrons. The van der Waals surface area contributed by atoms with E-state index in [2.05, 4.69) is 9.97 Å². The summed E-state index contributed by atoms with van der Waals surface area (Å²) >= 11 is 0. The third-order valence-electron chi connectivity index (χ3n) is 2.45. The van der Waals surface area contributed by atoms with Crippen molar-refractivity contribution in [2.24, 2.45) is 0 Å². The molecule has 0 saturated carbocycles. The molecule has 0 N–H and O–H groups in total. The van der Waals surface area contributed by atoms with E-state index in [1.807, 2.05) is 30.3 Å². The summed E-state index contributed by atoms with van der Waals surface area (Å²) in [7, 11) is 1.60. The predicted molar refractivity (Wildman–Crippen MR) is 68.8 cm³/mol. The summed E-state index contributed by atoms with van der Waals surface area (Å²) in [6.07, 6.45) is 3.37. The van der Waals surface area contributed by atoms with Gasteiger partial charge in [-0.15, -0.1) is 0 Å². The second-order valence-corrected chi connectivity index (χ2v) is 3.78. The second kappa shape index (κ2) is 6.59. The minimum absolute atomic E-state index is 0.601. The summed E-state index contributed by atoms with van der Waals surface area (Å²) in [5.74, 6) is 2.28. The Bertz CT molecular complexity index is 474. The van der Waals surface area contributed by atoms with Gasteiger partial charge in [-0.1, -0.05) is 18.2 Å². The van der Waals surface area contributed by atoms with Gasteiger partial charge in [0, 0.05) is 18.7 Å². The van der Waals surface area contributed by atoms with Crippen LogP contribution in [0.3, 0.4) is 0 Å². The van der Waals surface area contributed by atoms with Crippen LogP contribution in [-0.2, 0) is 6.42 Å². The van der Waals surface area contributed by atoms with Crippen molar-refractivity contribution in [1.82, 2.24) is 9.97 Å². The standard InChI is InChI=1S/C14H16N2O2/c1-17-14-9-10-15-13(16-14)8-5-11-18-12-6-3-2-4-7-12/h2-4,6-7,9-10H,5,8,11H2,1H3. The molecule has 0 unspecified atom stereocenters. The third-order valence-corrected chi connectivity index (χ3v) is 2.45. The molecule has 2 aromatic rings. The van der Waals surface area contributed by atoms with Gasteiger partial charge in [-0.25, -0.2) is 4.98 Å². The molecule has 1 heterocycles. The SMILES string of the molecule is COc1ccnc(CCCOc2ccccc2)n1. The van der Waals surface area contributed by atoms with Gasteiger partial charge >= 0.3 is 0 Å². The number of aromatic nitrogens is 2. The maximum Gasteiger partial charge on any atom is 0.216 e. The molecule has 2 rings (SSSR count). The molecular formula is C14H16N2O2. The Labute approximate surface area is 107 Å². The van der Waals surface area contributed by atoms with E-state index in [0.717, 1.165) is 24.4 Å². The molecule has 1 aromatic heterocycles. The van der Waals surface area contributed by atoms with E-state index >= 15 is 0 Å². The number of para-hydroxylation sites is 1. The monoisotopic (exact) mass is 244 g/mol. The van der Waals surface area contributed by atoms with Crippen LogP contribution in [0.1, 0.15) is 12.2 Å². The molecule has 0 saturated heterocycles. The van der Waals surface area contributed by atoms with E-state index in [1.165, 1.54) is 0 Å². The summed E-state index contributed by atoms with van der Waals surface area (Å²) < 4.78 is 10.6. The van der Waals surface area contributed by atoms with Crippen LogP contribution < -0.4 is 9.47 Å². The maximum atomic E-state index is 5.60. The molecule has 0 amide bonds. The highest BCUT2D eigenvalue weighted by molar-refractivity contribution is 5.20. The average molecular weight is 244 g/mol. The lowest BCUT2D eigenvalue weighted by Crippen LogP contribution is -2.02. The number of methoxy groups -OCH3 is 1. The first kappa shape index (κ1) is 12.4. The van der Waals surface area contributed by atoms with Crippen LogP contribution in [0.2, 0.25) is 0 Å². The largest absolute Gasteiger partial charge is 0.494 e. The highest BCUT2D eigenvalue weighted by Crippen LogP contribution is 2.09. The van der Waals surface area contributed by atoms with E-state index in [0.29, 0.717) is 12.5 Å². The van der Waals surface area contributed by atoms with Gasteiger partial charge in [-0.05, 0) is 18.6 Å². The van der Waals surface area contributed by atoms with Crippen LogP contribution in [0, 0.1) is 0 Å². The molecule has 0 aliphatic heterocycles. The van der Waals surface area contributed by atoms with Crippen molar-refractivity contribution < 1.29 is 9.47 Å². The zero-order valence-corrected chi connectivity index (χ0v) is 10.4. The lowest BCUT2D eigenvalue weighted by Gasteiger charge is -2.05. The van der Waals surface area contributed by atoms with Crippen molar-refractivity contribution in [3.05, 3.63) is 48.4 Å². The second-order valence-electron chi connectivity index (χ2n) is 3.78. The maximum absolute atomic E-state index is 5.60. The minimum atomic E-state index is 0.601. The lowest BCUT2D eigenvalue weighted by molar-refractivity contribution is 0.309. The van der Waals surface area contributed by atoms with E-state index in [4.69, 9.17) is 9.47 Å². The highest BCUT2D eigenvalue weighted by atomic mass is 16.5. The van der Waals surface area contributed by atoms with Crippen molar-refractivity contribution in [2.45, 2.75) is 12.8 Å². The van der Waals surface area contributed by atoms with Crippen LogP contribution in [0.25, 0.3) is 0 Å². The highest BCUT2D eigenvalue weighted by Gasteiger charge is 1.99. The first-order chi connectivity index (χ1) is 8.88. The molecular weight excluding hydrogens is 228 g/mol. The van der Waals surface area contributed by atoms with Crippen LogP contribution >= 0.6 is 0 Å². The molecule has 4 heteroatoms. The van der Waals surface area contributed by atoms with E-state index in [9.17, 15) is 0 Å². The number of aryl methyl sites for hydroxylation is 1. The average Bonchev–Trinajstić information content (AvgIpc) is 2.45. The Morgan fingerprint density at radius 3 is 2.72 bits per heavy atom. The molecule has 18 heavy (non-hydrogen) atoms. The quantitative estimate of drug-likeness (QED) is 0.732. The first-order valence-corrected chi connectivity index (χ1v) is 5.92. The zero-order chi connectivity index (χ0) is 12.6. The molecule has 0 aliphatic carbocycles. The van der Waals surface area contributed by atoms with Crippen LogP contribution in [-0.4, -0.2) is 23.7 Å². The van der Waals surface area contributed by atoms with Crippen molar-refractivity contribution in [1.29, 1.82) is 0 Å². The number of nitrogens with zero attached hydrogens (tertiary/aromatic N) is 2. The molecule has 0 fully saturated rings. The fraction of sp³-hybridized carbons (Fsp3) is 0.286. The predicted octanol–water partition coefficient (Wildman–Crippen LogP) is 2.50. The van der Waals surface area contributed by atoms with E-state index in [1.54, 1.807) is 19.4 Å². The Morgan fingerprint density at radius 2 is 1.94 bits per heavy atom. The molecule has 0 aliphatic rings. The minimum Gasteiger partial charge on any atom is -0.494 e. The zero-order valence-electron chi connectivity index (χ0n) is 10.4. The third kappa shape index (κ3) is 3.73. The van der Waals surface area contributed by atoms with Crippen molar-refractivity contribution in [2.75, 3.05) is 13.7 Å². The molecule has 0 bridgehead atoms. The van der Waals surface area contributed by atoms with Gasteiger partial charge in [-0.3, -0.25) is 0 Å². The van der Waals surface area contributed by atoms with Gasteiger partial charge in [-0.2, -0.15) is 4.98 Å². The molecule has 4 nitrogen and oxygen atoms in total. The summed E-state index contributed by atoms with van der Waals surface area (Å²) in [5.41, 5.74) is 0. The summed E-state index contributed by atoms with van der Waals surface area (Å²) in [4.78, 5) is 8.43. The topological polar surface area (TPSA) is 44.2 Å². The molecule has 1 aromatic carbocycles. The van der Waals surface area contributed by atoms with Crippen LogP contribution in [0.4, 0.5) is 0 Å². The molecule has 0 atom stereocenters.